The number of nitrogens with zero attached hydrogens (tertiary/aromatic N) is 1. The number of rotatable bonds is 7. The lowest BCUT2D eigenvalue weighted by Gasteiger charge is -2.31. The predicted octanol–water partition coefficient (Wildman–Crippen LogP) is 4.07. The minimum Gasteiger partial charge on any atom is -0.497 e. The van der Waals surface area contributed by atoms with Crippen LogP contribution in [0.3, 0.4) is 0 Å². The van der Waals surface area contributed by atoms with Crippen LogP contribution in [0, 0.1) is 11.8 Å². The maximum Gasteiger partial charge on any atom is 0.225 e. The van der Waals surface area contributed by atoms with Gasteiger partial charge in [0.25, 0.3) is 0 Å². The van der Waals surface area contributed by atoms with Crippen molar-refractivity contribution < 1.29 is 14.3 Å². The maximum absolute atomic E-state index is 13.0. The van der Waals surface area contributed by atoms with Crippen LogP contribution in [0.15, 0.2) is 54.7 Å². The van der Waals surface area contributed by atoms with Crippen LogP contribution in [0.25, 0.3) is 10.9 Å². The van der Waals surface area contributed by atoms with Gasteiger partial charge < -0.3 is 19.9 Å². The minimum atomic E-state index is -0.0345. The average molecular weight is 446 g/mol. The van der Waals surface area contributed by atoms with Crippen molar-refractivity contribution in [2.24, 2.45) is 11.8 Å². The summed E-state index contributed by atoms with van der Waals surface area (Å²) in [4.78, 5) is 30.7. The van der Waals surface area contributed by atoms with E-state index in [2.05, 4.69) is 34.6 Å². The molecule has 1 aliphatic carbocycles. The van der Waals surface area contributed by atoms with Gasteiger partial charge in [0.05, 0.1) is 7.11 Å². The number of carbonyl (C=O) groups excluding carboxylic acids is 2. The molecule has 0 spiro atoms. The van der Waals surface area contributed by atoms with E-state index in [1.807, 2.05) is 35.4 Å². The van der Waals surface area contributed by atoms with Gasteiger partial charge in [-0.1, -0.05) is 30.3 Å². The number of amides is 2. The topological polar surface area (TPSA) is 74.4 Å². The molecule has 5 rings (SSSR count). The largest absolute Gasteiger partial charge is 0.497 e. The van der Waals surface area contributed by atoms with Crippen LogP contribution in [0.5, 0.6) is 5.75 Å². The van der Waals surface area contributed by atoms with E-state index >= 15 is 0 Å². The second kappa shape index (κ2) is 9.30. The predicted molar refractivity (Wildman–Crippen MR) is 128 cm³/mol. The molecule has 172 valence electrons. The molecule has 1 unspecified atom stereocenters. The highest BCUT2D eigenvalue weighted by Crippen LogP contribution is 2.33. The highest BCUT2D eigenvalue weighted by Gasteiger charge is 2.36. The zero-order valence-corrected chi connectivity index (χ0v) is 19.0. The van der Waals surface area contributed by atoms with Gasteiger partial charge in [0.15, 0.2) is 0 Å². The van der Waals surface area contributed by atoms with Gasteiger partial charge in [0.2, 0.25) is 11.8 Å². The van der Waals surface area contributed by atoms with Gasteiger partial charge in [0.1, 0.15) is 5.75 Å². The Morgan fingerprint density at radius 3 is 2.45 bits per heavy atom. The third-order valence-corrected chi connectivity index (χ3v) is 7.10. The van der Waals surface area contributed by atoms with Gasteiger partial charge in [-0.05, 0) is 55.0 Å². The number of aromatic nitrogens is 1. The van der Waals surface area contributed by atoms with Crippen LogP contribution in [0.4, 0.5) is 0 Å². The molecule has 1 saturated carbocycles. The quantitative estimate of drug-likeness (QED) is 0.576. The van der Waals surface area contributed by atoms with Crippen molar-refractivity contribution in [1.82, 2.24) is 15.2 Å². The Labute approximate surface area is 194 Å². The highest BCUT2D eigenvalue weighted by molar-refractivity contribution is 5.85. The number of H-pyrrole nitrogens is 1. The van der Waals surface area contributed by atoms with Crippen LogP contribution in [-0.4, -0.2) is 48.4 Å². The molecule has 2 N–H and O–H groups in total. The molecule has 6 nitrogen and oxygen atoms in total. The van der Waals surface area contributed by atoms with E-state index in [0.29, 0.717) is 19.6 Å². The third-order valence-electron chi connectivity index (χ3n) is 7.10. The van der Waals surface area contributed by atoms with Crippen molar-refractivity contribution in [2.45, 2.75) is 31.6 Å². The number of methoxy groups -OCH3 is 1. The standard InChI is InChI=1S/C27H31N3O3/c1-33-21-10-8-18(9-11-21)23(24-17-28-25-5-3-2-4-22(24)25)16-29-26(31)19-12-14-30(15-13-19)27(32)20-6-7-20/h2-5,8-11,17,19-20,23,28H,6-7,12-16H2,1H3,(H,29,31). The first kappa shape index (κ1) is 21.6. The van der Waals surface area contributed by atoms with E-state index in [-0.39, 0.29) is 29.6 Å². The average Bonchev–Trinajstić information content (AvgIpc) is 3.64. The van der Waals surface area contributed by atoms with Gasteiger partial charge in [-0.2, -0.15) is 0 Å². The number of nitrogens with one attached hydrogen (secondary N) is 2. The van der Waals surface area contributed by atoms with E-state index in [9.17, 15) is 9.59 Å². The molecule has 3 aromatic rings. The van der Waals surface area contributed by atoms with E-state index in [4.69, 9.17) is 4.74 Å². The molecule has 6 heteroatoms. The number of carbonyl (C=O) groups is 2. The maximum atomic E-state index is 13.0. The molecule has 2 aromatic carbocycles. The number of hydrogen-bond acceptors (Lipinski definition) is 3. The Morgan fingerprint density at radius 2 is 1.76 bits per heavy atom. The summed E-state index contributed by atoms with van der Waals surface area (Å²) in [6.45, 7) is 1.91. The molecule has 1 aromatic heterocycles. The van der Waals surface area contributed by atoms with Crippen LogP contribution >= 0.6 is 0 Å². The first-order chi connectivity index (χ1) is 16.1. The lowest BCUT2D eigenvalue weighted by molar-refractivity contribution is -0.136. The Kier molecular flexibility index (Phi) is 6.07. The van der Waals surface area contributed by atoms with Gasteiger partial charge in [-0.3, -0.25) is 9.59 Å². The molecule has 2 heterocycles. The number of aromatic amines is 1. The molecule has 33 heavy (non-hydrogen) atoms. The normalized spacial score (nSPS) is 17.7. The molecular formula is C27H31N3O3. The highest BCUT2D eigenvalue weighted by atomic mass is 16.5. The van der Waals surface area contributed by atoms with Crippen molar-refractivity contribution in [3.05, 3.63) is 65.9 Å². The SMILES string of the molecule is COc1ccc(C(CNC(=O)C2CCN(C(=O)C3CC3)CC2)c2c[nH]c3ccccc23)cc1. The lowest BCUT2D eigenvalue weighted by Crippen LogP contribution is -2.44. The molecule has 1 saturated heterocycles. The summed E-state index contributed by atoms with van der Waals surface area (Å²) in [6.07, 6.45) is 5.59. The zero-order valence-electron chi connectivity index (χ0n) is 19.0. The van der Waals surface area contributed by atoms with E-state index < -0.39 is 0 Å². The molecule has 2 fully saturated rings. The van der Waals surface area contributed by atoms with Crippen molar-refractivity contribution >= 4 is 22.7 Å². The zero-order chi connectivity index (χ0) is 22.8. The van der Waals surface area contributed by atoms with Gasteiger partial charge in [-0.15, -0.1) is 0 Å². The van der Waals surface area contributed by atoms with Crippen LogP contribution < -0.4 is 10.1 Å². The van der Waals surface area contributed by atoms with Crippen molar-refractivity contribution in [3.63, 3.8) is 0 Å². The van der Waals surface area contributed by atoms with Crippen LogP contribution in [-0.2, 0) is 9.59 Å². The smallest absolute Gasteiger partial charge is 0.225 e. The van der Waals surface area contributed by atoms with E-state index in [0.717, 1.165) is 42.5 Å². The molecular weight excluding hydrogens is 414 g/mol. The number of piperidine rings is 1. The van der Waals surface area contributed by atoms with E-state index in [1.54, 1.807) is 7.11 Å². The molecule has 0 bridgehead atoms. The molecule has 1 aliphatic heterocycles. The minimum absolute atomic E-state index is 0.0209. The van der Waals surface area contributed by atoms with Crippen molar-refractivity contribution in [1.29, 1.82) is 0 Å². The fourth-order valence-corrected chi connectivity index (χ4v) is 4.92. The summed E-state index contributed by atoms with van der Waals surface area (Å²) in [6, 6.07) is 16.3. The molecule has 2 amide bonds. The second-order valence-corrected chi connectivity index (χ2v) is 9.23. The third kappa shape index (κ3) is 4.61. The fraction of sp³-hybridized carbons (Fsp3) is 0.407. The van der Waals surface area contributed by atoms with E-state index in [1.165, 1.54) is 10.9 Å². The Bertz CT molecular complexity index is 1120. The van der Waals surface area contributed by atoms with Crippen LogP contribution in [0.2, 0.25) is 0 Å². The number of hydrogen-bond donors (Lipinski definition) is 2. The lowest BCUT2D eigenvalue weighted by atomic mass is 9.90. The molecule has 0 radical (unpaired) electrons. The summed E-state index contributed by atoms with van der Waals surface area (Å²) >= 11 is 0. The molecule has 2 aliphatic rings. The summed E-state index contributed by atoms with van der Waals surface area (Å²) in [5, 5.41) is 4.39. The Morgan fingerprint density at radius 1 is 1.03 bits per heavy atom. The number of ether oxygens (including phenoxy) is 1. The Hall–Kier alpha value is -3.28. The summed E-state index contributed by atoms with van der Waals surface area (Å²) in [5.74, 6) is 1.42. The first-order valence-electron chi connectivity index (χ1n) is 11.9. The number of fused-ring (bicyclic) bond motifs is 1. The van der Waals surface area contributed by atoms with Gasteiger partial charge in [0, 0.05) is 54.5 Å². The van der Waals surface area contributed by atoms with Gasteiger partial charge in [-0.25, -0.2) is 0 Å². The molecule has 1 atom stereocenters. The monoisotopic (exact) mass is 445 g/mol. The second-order valence-electron chi connectivity index (χ2n) is 9.23. The number of para-hydroxylation sites is 1. The first-order valence-corrected chi connectivity index (χ1v) is 11.9. The van der Waals surface area contributed by atoms with Crippen molar-refractivity contribution in [3.8, 4) is 5.75 Å². The van der Waals surface area contributed by atoms with Crippen LogP contribution in [0.1, 0.15) is 42.7 Å². The summed E-state index contributed by atoms with van der Waals surface area (Å²) in [5.41, 5.74) is 3.39. The number of benzene rings is 2. The summed E-state index contributed by atoms with van der Waals surface area (Å²) < 4.78 is 5.33. The Balaban J connectivity index is 1.29. The number of likely N-dealkylation sites (tertiary alicyclic amines) is 1. The van der Waals surface area contributed by atoms with Crippen molar-refractivity contribution in [2.75, 3.05) is 26.7 Å². The fourth-order valence-electron chi connectivity index (χ4n) is 4.92. The van der Waals surface area contributed by atoms with Gasteiger partial charge >= 0.3 is 0 Å². The summed E-state index contributed by atoms with van der Waals surface area (Å²) in [7, 11) is 1.66.